The van der Waals surface area contributed by atoms with Gasteiger partial charge >= 0.3 is 5.97 Å². The highest BCUT2D eigenvalue weighted by Crippen LogP contribution is 2.17. The monoisotopic (exact) mass is 277 g/mol. The number of carbonyl (C=O) groups excluding carboxylic acids is 2. The van der Waals surface area contributed by atoms with E-state index in [0.717, 1.165) is 18.2 Å². The summed E-state index contributed by atoms with van der Waals surface area (Å²) in [4.78, 5) is 22.7. The van der Waals surface area contributed by atoms with E-state index in [1.807, 2.05) is 0 Å². The van der Waals surface area contributed by atoms with E-state index < -0.39 is 29.1 Å². The quantitative estimate of drug-likeness (QED) is 0.691. The number of amides is 1. The van der Waals surface area contributed by atoms with Crippen LogP contribution in [0.5, 0.6) is 5.75 Å². The molecule has 0 fully saturated rings. The van der Waals surface area contributed by atoms with E-state index in [4.69, 9.17) is 10.5 Å². The fourth-order valence-corrected chi connectivity index (χ4v) is 1.53. The molecule has 0 aliphatic heterocycles. The van der Waals surface area contributed by atoms with Gasteiger partial charge < -0.3 is 10.5 Å². The maximum absolute atomic E-state index is 13.4. The van der Waals surface area contributed by atoms with Crippen LogP contribution in [-0.4, -0.2) is 11.9 Å². The van der Waals surface area contributed by atoms with Gasteiger partial charge in [-0.2, -0.15) is 0 Å². The van der Waals surface area contributed by atoms with E-state index >= 15 is 0 Å². The molecule has 20 heavy (non-hydrogen) atoms. The van der Waals surface area contributed by atoms with Crippen LogP contribution < -0.4 is 10.5 Å². The number of hydrogen-bond donors (Lipinski definition) is 1. The molecule has 0 radical (unpaired) electrons. The first-order valence-corrected chi connectivity index (χ1v) is 5.54. The summed E-state index contributed by atoms with van der Waals surface area (Å²) in [5, 5.41) is 0. The van der Waals surface area contributed by atoms with Crippen LogP contribution in [0.1, 0.15) is 20.7 Å². The van der Waals surface area contributed by atoms with Crippen LogP contribution in [0.25, 0.3) is 0 Å². The molecule has 0 aromatic heterocycles. The van der Waals surface area contributed by atoms with Gasteiger partial charge in [-0.1, -0.05) is 6.07 Å². The van der Waals surface area contributed by atoms with E-state index in [-0.39, 0.29) is 11.3 Å². The number of benzene rings is 2. The molecule has 1 amide bonds. The van der Waals surface area contributed by atoms with Gasteiger partial charge in [0.15, 0.2) is 0 Å². The lowest BCUT2D eigenvalue weighted by atomic mass is 10.2. The first-order chi connectivity index (χ1) is 9.47. The standard InChI is InChI=1S/C14H9F2NO3/c15-9-4-5-12(16)11(7-9)14(19)20-10-3-1-2-8(6-10)13(17)18/h1-7H,(H2,17,18). The minimum atomic E-state index is -1.07. The highest BCUT2D eigenvalue weighted by atomic mass is 19.1. The second-order valence-electron chi connectivity index (χ2n) is 3.91. The molecule has 0 saturated carbocycles. The molecule has 102 valence electrons. The van der Waals surface area contributed by atoms with Gasteiger partial charge in [-0.05, 0) is 36.4 Å². The molecule has 6 heteroatoms. The molecule has 2 N–H and O–H groups in total. The summed E-state index contributed by atoms with van der Waals surface area (Å²) in [7, 11) is 0. The van der Waals surface area contributed by atoms with Gasteiger partial charge in [0.25, 0.3) is 0 Å². The summed E-state index contributed by atoms with van der Waals surface area (Å²) in [6.07, 6.45) is 0. The Balaban J connectivity index is 2.25. The molecule has 4 nitrogen and oxygen atoms in total. The number of rotatable bonds is 3. The topological polar surface area (TPSA) is 69.4 Å². The molecular formula is C14H9F2NO3. The van der Waals surface area contributed by atoms with Gasteiger partial charge in [0.2, 0.25) is 5.91 Å². The van der Waals surface area contributed by atoms with Crippen molar-refractivity contribution in [2.75, 3.05) is 0 Å². The summed E-state index contributed by atoms with van der Waals surface area (Å²) in [5.41, 5.74) is 4.68. The van der Waals surface area contributed by atoms with Crippen molar-refractivity contribution in [3.05, 3.63) is 65.2 Å². The maximum Gasteiger partial charge on any atom is 0.346 e. The second kappa shape index (κ2) is 5.48. The summed E-state index contributed by atoms with van der Waals surface area (Å²) in [5.74, 6) is -3.41. The summed E-state index contributed by atoms with van der Waals surface area (Å²) >= 11 is 0. The van der Waals surface area contributed by atoms with Gasteiger partial charge in [-0.3, -0.25) is 4.79 Å². The Labute approximate surface area is 112 Å². The average molecular weight is 277 g/mol. The third-order valence-electron chi connectivity index (χ3n) is 2.48. The zero-order valence-electron chi connectivity index (χ0n) is 10.1. The lowest BCUT2D eigenvalue weighted by molar-refractivity contribution is 0.0728. The molecule has 0 unspecified atom stereocenters. The molecule has 0 atom stereocenters. The van der Waals surface area contributed by atoms with Crippen molar-refractivity contribution in [1.29, 1.82) is 0 Å². The second-order valence-corrected chi connectivity index (χ2v) is 3.91. The molecule has 0 spiro atoms. The van der Waals surface area contributed by atoms with Crippen molar-refractivity contribution in [3.63, 3.8) is 0 Å². The van der Waals surface area contributed by atoms with Crippen molar-refractivity contribution in [1.82, 2.24) is 0 Å². The lowest BCUT2D eigenvalue weighted by Crippen LogP contribution is -2.13. The van der Waals surface area contributed by atoms with Crippen LogP contribution in [0.2, 0.25) is 0 Å². The Morgan fingerprint density at radius 1 is 1.05 bits per heavy atom. The third-order valence-corrected chi connectivity index (χ3v) is 2.48. The van der Waals surface area contributed by atoms with E-state index in [2.05, 4.69) is 0 Å². The number of halogens is 2. The van der Waals surface area contributed by atoms with Crippen LogP contribution in [0.3, 0.4) is 0 Å². The van der Waals surface area contributed by atoms with Crippen molar-refractivity contribution < 1.29 is 23.1 Å². The number of hydrogen-bond acceptors (Lipinski definition) is 3. The Morgan fingerprint density at radius 2 is 1.80 bits per heavy atom. The largest absolute Gasteiger partial charge is 0.423 e. The Hall–Kier alpha value is -2.76. The SMILES string of the molecule is NC(=O)c1cccc(OC(=O)c2cc(F)ccc2F)c1. The predicted octanol–water partition coefficient (Wildman–Crippen LogP) is 2.28. The Kier molecular flexibility index (Phi) is 3.74. The fourth-order valence-electron chi connectivity index (χ4n) is 1.53. The minimum absolute atomic E-state index is 0.00922. The number of esters is 1. The minimum Gasteiger partial charge on any atom is -0.423 e. The summed E-state index contributed by atoms with van der Waals surface area (Å²) in [6, 6.07) is 7.95. The fraction of sp³-hybridized carbons (Fsp3) is 0. The zero-order chi connectivity index (χ0) is 14.7. The molecule has 0 bridgehead atoms. The van der Waals surface area contributed by atoms with E-state index in [9.17, 15) is 18.4 Å². The van der Waals surface area contributed by atoms with Crippen LogP contribution in [0.15, 0.2) is 42.5 Å². The smallest absolute Gasteiger partial charge is 0.346 e. The van der Waals surface area contributed by atoms with Crippen LogP contribution in [0.4, 0.5) is 8.78 Å². The zero-order valence-corrected chi connectivity index (χ0v) is 10.1. The highest BCUT2D eigenvalue weighted by molar-refractivity contribution is 5.94. The van der Waals surface area contributed by atoms with Crippen molar-refractivity contribution in [2.24, 2.45) is 5.73 Å². The highest BCUT2D eigenvalue weighted by Gasteiger charge is 2.15. The van der Waals surface area contributed by atoms with Crippen molar-refractivity contribution in [3.8, 4) is 5.75 Å². The summed E-state index contributed by atoms with van der Waals surface area (Å²) < 4.78 is 31.2. The van der Waals surface area contributed by atoms with Gasteiger partial charge in [-0.25, -0.2) is 13.6 Å². The van der Waals surface area contributed by atoms with Crippen LogP contribution in [0, 0.1) is 11.6 Å². The molecule has 2 rings (SSSR count). The molecule has 0 heterocycles. The van der Waals surface area contributed by atoms with Crippen molar-refractivity contribution >= 4 is 11.9 Å². The number of carbonyl (C=O) groups is 2. The number of ether oxygens (including phenoxy) is 1. The van der Waals surface area contributed by atoms with Crippen molar-refractivity contribution in [2.45, 2.75) is 0 Å². The van der Waals surface area contributed by atoms with E-state index in [1.54, 1.807) is 0 Å². The van der Waals surface area contributed by atoms with Gasteiger partial charge in [-0.15, -0.1) is 0 Å². The third kappa shape index (κ3) is 2.97. The van der Waals surface area contributed by atoms with Gasteiger partial charge in [0.05, 0.1) is 5.56 Å². The molecule has 0 saturated heterocycles. The normalized spacial score (nSPS) is 10.1. The number of nitrogens with two attached hydrogens (primary N) is 1. The van der Waals surface area contributed by atoms with E-state index in [1.165, 1.54) is 24.3 Å². The molecule has 2 aromatic carbocycles. The Morgan fingerprint density at radius 3 is 2.50 bits per heavy atom. The molecule has 0 aliphatic rings. The average Bonchev–Trinajstić information content (AvgIpc) is 2.41. The van der Waals surface area contributed by atoms with Crippen LogP contribution in [-0.2, 0) is 0 Å². The Bertz CT molecular complexity index is 686. The molecular weight excluding hydrogens is 268 g/mol. The first-order valence-electron chi connectivity index (χ1n) is 5.54. The lowest BCUT2D eigenvalue weighted by Gasteiger charge is -2.06. The van der Waals surface area contributed by atoms with Crippen LogP contribution >= 0.6 is 0 Å². The maximum atomic E-state index is 13.4. The predicted molar refractivity (Wildman–Crippen MR) is 66.3 cm³/mol. The molecule has 2 aromatic rings. The van der Waals surface area contributed by atoms with E-state index in [0.29, 0.717) is 0 Å². The first kappa shape index (κ1) is 13.7. The number of primary amides is 1. The van der Waals surface area contributed by atoms with Gasteiger partial charge in [0, 0.05) is 5.56 Å². The van der Waals surface area contributed by atoms with Gasteiger partial charge in [0.1, 0.15) is 17.4 Å². The summed E-state index contributed by atoms with van der Waals surface area (Å²) in [6.45, 7) is 0. The molecule has 0 aliphatic carbocycles.